The molecule has 0 saturated carbocycles. The summed E-state index contributed by atoms with van der Waals surface area (Å²) in [6.07, 6.45) is 0.971. The lowest BCUT2D eigenvalue weighted by molar-refractivity contribution is 0.463. The fourth-order valence-corrected chi connectivity index (χ4v) is 4.13. The molecule has 1 aliphatic rings. The number of hydrogen-bond donors (Lipinski definition) is 1. The van der Waals surface area contributed by atoms with Crippen molar-refractivity contribution in [2.45, 2.75) is 25.6 Å². The Morgan fingerprint density at radius 1 is 1.37 bits per heavy atom. The molecule has 1 aromatic carbocycles. The fraction of sp³-hybridized carbons (Fsp3) is 0.571. The summed E-state index contributed by atoms with van der Waals surface area (Å²) in [5, 5.41) is 3.08. The topological polar surface area (TPSA) is 49.4 Å². The van der Waals surface area contributed by atoms with Crippen LogP contribution in [-0.2, 0) is 22.3 Å². The molecule has 1 saturated heterocycles. The smallest absolute Gasteiger partial charge is 0.218 e. The van der Waals surface area contributed by atoms with Crippen molar-refractivity contribution >= 4 is 10.0 Å². The van der Waals surface area contributed by atoms with Gasteiger partial charge in [0.05, 0.1) is 5.75 Å². The first kappa shape index (κ1) is 14.5. The van der Waals surface area contributed by atoms with Crippen LogP contribution in [0.4, 0.5) is 0 Å². The van der Waals surface area contributed by atoms with E-state index in [0.717, 1.165) is 24.1 Å². The summed E-state index contributed by atoms with van der Waals surface area (Å²) in [4.78, 5) is 0. The molecule has 5 heteroatoms. The van der Waals surface area contributed by atoms with Crippen LogP contribution in [0.25, 0.3) is 0 Å². The number of nitrogens with one attached hydrogen (secondary N) is 1. The van der Waals surface area contributed by atoms with Gasteiger partial charge in [-0.25, -0.2) is 12.7 Å². The van der Waals surface area contributed by atoms with Crippen LogP contribution in [0.2, 0.25) is 0 Å². The maximum Gasteiger partial charge on any atom is 0.218 e. The van der Waals surface area contributed by atoms with Gasteiger partial charge in [-0.2, -0.15) is 0 Å². The predicted octanol–water partition coefficient (Wildman–Crippen LogP) is 1.58. The summed E-state index contributed by atoms with van der Waals surface area (Å²) >= 11 is 0. The molecule has 1 fully saturated rings. The molecule has 1 aliphatic heterocycles. The highest BCUT2D eigenvalue weighted by Crippen LogP contribution is 2.21. The van der Waals surface area contributed by atoms with Crippen molar-refractivity contribution in [2.75, 3.05) is 20.1 Å². The van der Waals surface area contributed by atoms with Crippen molar-refractivity contribution in [3.8, 4) is 0 Å². The van der Waals surface area contributed by atoms with E-state index in [0.29, 0.717) is 19.0 Å². The fourth-order valence-electron chi connectivity index (χ4n) is 2.48. The average molecular weight is 282 g/mol. The molecule has 0 aliphatic carbocycles. The van der Waals surface area contributed by atoms with Gasteiger partial charge in [0.25, 0.3) is 0 Å². The highest BCUT2D eigenvalue weighted by atomic mass is 32.2. The molecule has 4 nitrogen and oxygen atoms in total. The third-order valence-corrected chi connectivity index (χ3v) is 5.32. The van der Waals surface area contributed by atoms with Crippen molar-refractivity contribution < 1.29 is 8.42 Å². The highest BCUT2D eigenvalue weighted by molar-refractivity contribution is 7.88. The average Bonchev–Trinajstić information content (AvgIpc) is 2.77. The van der Waals surface area contributed by atoms with Gasteiger partial charge in [-0.3, -0.25) is 0 Å². The van der Waals surface area contributed by atoms with Gasteiger partial charge in [-0.05, 0) is 30.5 Å². The lowest BCUT2D eigenvalue weighted by Crippen LogP contribution is -2.29. The number of nitrogens with zero attached hydrogens (tertiary/aromatic N) is 1. The van der Waals surface area contributed by atoms with Gasteiger partial charge < -0.3 is 5.32 Å². The Balaban J connectivity index is 2.09. The Kier molecular flexibility index (Phi) is 4.60. The third kappa shape index (κ3) is 3.78. The minimum absolute atomic E-state index is 0.108. The SMILES string of the molecule is CNCc1cccc(CS(=O)(=O)N2CCC(C)C2)c1. The zero-order valence-electron chi connectivity index (χ0n) is 11.6. The van der Waals surface area contributed by atoms with Gasteiger partial charge >= 0.3 is 0 Å². The van der Waals surface area contributed by atoms with Crippen molar-refractivity contribution in [3.05, 3.63) is 35.4 Å². The van der Waals surface area contributed by atoms with Crippen LogP contribution in [-0.4, -0.2) is 32.9 Å². The lowest BCUT2D eigenvalue weighted by Gasteiger charge is -2.16. The van der Waals surface area contributed by atoms with E-state index in [4.69, 9.17) is 0 Å². The zero-order valence-corrected chi connectivity index (χ0v) is 12.4. The first-order chi connectivity index (χ1) is 9.01. The Hall–Kier alpha value is -0.910. The minimum atomic E-state index is -3.16. The summed E-state index contributed by atoms with van der Waals surface area (Å²) in [5.41, 5.74) is 1.98. The van der Waals surface area contributed by atoms with E-state index in [9.17, 15) is 8.42 Å². The molecule has 1 aromatic rings. The Morgan fingerprint density at radius 2 is 2.11 bits per heavy atom. The third-order valence-electron chi connectivity index (χ3n) is 3.50. The van der Waals surface area contributed by atoms with Crippen molar-refractivity contribution in [2.24, 2.45) is 5.92 Å². The van der Waals surface area contributed by atoms with Crippen LogP contribution in [0.5, 0.6) is 0 Å². The minimum Gasteiger partial charge on any atom is -0.316 e. The molecule has 0 bridgehead atoms. The molecule has 1 unspecified atom stereocenters. The van der Waals surface area contributed by atoms with Crippen molar-refractivity contribution in [1.82, 2.24) is 9.62 Å². The number of sulfonamides is 1. The predicted molar refractivity (Wildman–Crippen MR) is 77.2 cm³/mol. The van der Waals surface area contributed by atoms with Crippen LogP contribution >= 0.6 is 0 Å². The molecule has 106 valence electrons. The van der Waals surface area contributed by atoms with E-state index in [1.165, 1.54) is 0 Å². The van der Waals surface area contributed by atoms with Crippen molar-refractivity contribution in [3.63, 3.8) is 0 Å². The van der Waals surface area contributed by atoms with Gasteiger partial charge in [0.1, 0.15) is 0 Å². The highest BCUT2D eigenvalue weighted by Gasteiger charge is 2.29. The van der Waals surface area contributed by atoms with E-state index in [1.807, 2.05) is 31.3 Å². The van der Waals surface area contributed by atoms with Gasteiger partial charge in [0.15, 0.2) is 0 Å². The molecule has 2 rings (SSSR count). The second-order valence-corrected chi connectivity index (χ2v) is 7.33. The van der Waals surface area contributed by atoms with Crippen LogP contribution < -0.4 is 5.32 Å². The molecule has 0 radical (unpaired) electrons. The Labute approximate surface area is 115 Å². The molecule has 1 heterocycles. The normalized spacial score (nSPS) is 20.8. The maximum absolute atomic E-state index is 12.3. The lowest BCUT2D eigenvalue weighted by atomic mass is 10.1. The largest absolute Gasteiger partial charge is 0.316 e. The van der Waals surface area contributed by atoms with Crippen LogP contribution in [0.15, 0.2) is 24.3 Å². The number of hydrogen-bond acceptors (Lipinski definition) is 3. The molecular weight excluding hydrogens is 260 g/mol. The van der Waals surface area contributed by atoms with Gasteiger partial charge in [-0.15, -0.1) is 0 Å². The number of rotatable bonds is 5. The Morgan fingerprint density at radius 3 is 2.74 bits per heavy atom. The van der Waals surface area contributed by atoms with Gasteiger partial charge in [-0.1, -0.05) is 31.2 Å². The van der Waals surface area contributed by atoms with Crippen molar-refractivity contribution in [1.29, 1.82) is 0 Å². The molecular formula is C14H22N2O2S. The first-order valence-electron chi connectivity index (χ1n) is 6.71. The molecule has 1 N–H and O–H groups in total. The molecule has 1 atom stereocenters. The van der Waals surface area contributed by atoms with E-state index < -0.39 is 10.0 Å². The quantitative estimate of drug-likeness (QED) is 0.892. The van der Waals surface area contributed by atoms with E-state index in [1.54, 1.807) is 4.31 Å². The van der Waals surface area contributed by atoms with Crippen LogP contribution in [0.3, 0.4) is 0 Å². The molecule has 0 amide bonds. The molecule has 0 aromatic heterocycles. The summed E-state index contributed by atoms with van der Waals surface area (Å²) in [5.74, 6) is 0.586. The monoisotopic (exact) mass is 282 g/mol. The summed E-state index contributed by atoms with van der Waals surface area (Å²) < 4.78 is 26.3. The van der Waals surface area contributed by atoms with Crippen LogP contribution in [0, 0.1) is 5.92 Å². The van der Waals surface area contributed by atoms with E-state index in [2.05, 4.69) is 12.2 Å². The molecule has 0 spiro atoms. The zero-order chi connectivity index (χ0) is 13.9. The van der Waals surface area contributed by atoms with Gasteiger partial charge in [0, 0.05) is 19.6 Å². The standard InChI is InChI=1S/C14H22N2O2S/c1-12-6-7-16(10-12)19(17,18)11-14-5-3-4-13(8-14)9-15-2/h3-5,8,12,15H,6-7,9-11H2,1-2H3. The summed E-state index contributed by atoms with van der Waals surface area (Å²) in [6.45, 7) is 4.19. The summed E-state index contributed by atoms with van der Waals surface area (Å²) in [6, 6.07) is 7.78. The number of benzene rings is 1. The summed E-state index contributed by atoms with van der Waals surface area (Å²) in [7, 11) is -1.28. The second-order valence-electron chi connectivity index (χ2n) is 5.36. The molecule has 19 heavy (non-hydrogen) atoms. The maximum atomic E-state index is 12.3. The first-order valence-corrected chi connectivity index (χ1v) is 8.32. The van der Waals surface area contributed by atoms with E-state index in [-0.39, 0.29) is 5.75 Å². The van der Waals surface area contributed by atoms with Gasteiger partial charge in [0.2, 0.25) is 10.0 Å². The van der Waals surface area contributed by atoms with E-state index >= 15 is 0 Å². The Bertz CT molecular complexity index is 528. The van der Waals surface area contributed by atoms with Crippen LogP contribution in [0.1, 0.15) is 24.5 Å². The second kappa shape index (κ2) is 6.03.